The number of nitriles is 2. The third-order valence-electron chi connectivity index (χ3n) is 4.90. The minimum Gasteiger partial charge on any atom is -0.298 e. The molecule has 0 heterocycles. The van der Waals surface area contributed by atoms with E-state index in [1.165, 1.54) is 0 Å². The molecule has 0 amide bonds. The normalized spacial score (nSPS) is 10.4. The maximum absolute atomic E-state index is 11.9. The van der Waals surface area contributed by atoms with E-state index in [1.807, 2.05) is 48.5 Å². The number of hydrogen-bond donors (Lipinski definition) is 0. The van der Waals surface area contributed by atoms with Gasteiger partial charge in [-0.15, -0.1) is 0 Å². The molecular weight excluding hydrogens is 348 g/mol. The molecule has 4 heteroatoms. The molecule has 4 rings (SSSR count). The van der Waals surface area contributed by atoms with E-state index in [9.17, 15) is 20.1 Å². The molecule has 28 heavy (non-hydrogen) atoms. The predicted octanol–water partition coefficient (Wildman–Crippen LogP) is 5.03. The maximum atomic E-state index is 11.9. The predicted molar refractivity (Wildman–Crippen MR) is 107 cm³/mol. The summed E-state index contributed by atoms with van der Waals surface area (Å²) in [5.41, 5.74) is 2.63. The van der Waals surface area contributed by atoms with Crippen LogP contribution in [0.1, 0.15) is 31.8 Å². The Morgan fingerprint density at radius 3 is 1.29 bits per heavy atom. The van der Waals surface area contributed by atoms with Crippen molar-refractivity contribution in [1.29, 1.82) is 10.5 Å². The topological polar surface area (TPSA) is 81.7 Å². The largest absolute Gasteiger partial charge is 0.298 e. The minimum absolute atomic E-state index is 0.327. The Bertz CT molecular complexity index is 1260. The molecule has 0 aliphatic carbocycles. The van der Waals surface area contributed by atoms with Crippen LogP contribution in [-0.4, -0.2) is 12.6 Å². The molecule has 4 aromatic rings. The Morgan fingerprint density at radius 1 is 0.607 bits per heavy atom. The highest BCUT2D eigenvalue weighted by molar-refractivity contribution is 6.16. The SMILES string of the molecule is N#Cc1cc(C=O)c(-c2c(C=O)cc(C#N)c3ccccc23)c2ccccc12. The average Bonchev–Trinajstić information content (AvgIpc) is 2.77. The molecule has 0 unspecified atom stereocenters. The van der Waals surface area contributed by atoms with Crippen LogP contribution in [0.2, 0.25) is 0 Å². The molecule has 0 N–H and O–H groups in total. The van der Waals surface area contributed by atoms with Crippen molar-refractivity contribution in [1.82, 2.24) is 0 Å². The molecule has 0 radical (unpaired) electrons. The van der Waals surface area contributed by atoms with Gasteiger partial charge in [0.1, 0.15) is 0 Å². The zero-order chi connectivity index (χ0) is 19.7. The number of hydrogen-bond acceptors (Lipinski definition) is 4. The highest BCUT2D eigenvalue weighted by Gasteiger charge is 2.20. The Hall–Kier alpha value is -4.28. The van der Waals surface area contributed by atoms with Crippen molar-refractivity contribution in [2.45, 2.75) is 0 Å². The fourth-order valence-corrected chi connectivity index (χ4v) is 3.72. The van der Waals surface area contributed by atoms with Crippen molar-refractivity contribution in [2.75, 3.05) is 0 Å². The van der Waals surface area contributed by atoms with Gasteiger partial charge in [-0.1, -0.05) is 48.5 Å². The van der Waals surface area contributed by atoms with E-state index in [4.69, 9.17) is 0 Å². The van der Waals surface area contributed by atoms with Gasteiger partial charge in [-0.3, -0.25) is 9.59 Å². The third-order valence-corrected chi connectivity index (χ3v) is 4.90. The molecule has 0 aliphatic heterocycles. The number of carbonyl (C=O) groups is 2. The first-order valence-corrected chi connectivity index (χ1v) is 8.56. The molecule has 0 spiro atoms. The molecule has 4 aromatic carbocycles. The van der Waals surface area contributed by atoms with Crippen LogP contribution >= 0.6 is 0 Å². The smallest absolute Gasteiger partial charge is 0.150 e. The summed E-state index contributed by atoms with van der Waals surface area (Å²) in [6.45, 7) is 0. The first-order chi connectivity index (χ1) is 13.7. The quantitative estimate of drug-likeness (QED) is 0.480. The summed E-state index contributed by atoms with van der Waals surface area (Å²) < 4.78 is 0. The summed E-state index contributed by atoms with van der Waals surface area (Å²) in [5.74, 6) is 0. The van der Waals surface area contributed by atoms with E-state index < -0.39 is 0 Å². The maximum Gasteiger partial charge on any atom is 0.150 e. The van der Waals surface area contributed by atoms with Gasteiger partial charge in [0.05, 0.1) is 23.3 Å². The van der Waals surface area contributed by atoms with Gasteiger partial charge in [0, 0.05) is 33.0 Å². The summed E-state index contributed by atoms with van der Waals surface area (Å²) in [6.07, 6.45) is 1.40. The van der Waals surface area contributed by atoms with E-state index in [2.05, 4.69) is 12.1 Å². The van der Waals surface area contributed by atoms with Crippen molar-refractivity contribution in [2.24, 2.45) is 0 Å². The number of fused-ring (bicyclic) bond motifs is 2. The zero-order valence-corrected chi connectivity index (χ0v) is 14.6. The van der Waals surface area contributed by atoms with Crippen LogP contribution in [0.5, 0.6) is 0 Å². The summed E-state index contributed by atoms with van der Waals surface area (Å²) >= 11 is 0. The lowest BCUT2D eigenvalue weighted by Crippen LogP contribution is -1.99. The lowest BCUT2D eigenvalue weighted by molar-refractivity contribution is 0.111. The second-order valence-electron chi connectivity index (χ2n) is 6.33. The van der Waals surface area contributed by atoms with Crippen LogP contribution in [0.3, 0.4) is 0 Å². The first-order valence-electron chi connectivity index (χ1n) is 8.56. The second kappa shape index (κ2) is 6.79. The second-order valence-corrected chi connectivity index (χ2v) is 6.33. The molecule has 130 valence electrons. The van der Waals surface area contributed by atoms with Crippen LogP contribution in [0.15, 0.2) is 60.7 Å². The van der Waals surface area contributed by atoms with Gasteiger partial charge in [0.2, 0.25) is 0 Å². The third kappa shape index (κ3) is 2.45. The molecule has 0 aromatic heterocycles. The van der Waals surface area contributed by atoms with Gasteiger partial charge < -0.3 is 0 Å². The highest BCUT2D eigenvalue weighted by Crippen LogP contribution is 2.40. The van der Waals surface area contributed by atoms with Gasteiger partial charge in [-0.05, 0) is 22.9 Å². The highest BCUT2D eigenvalue weighted by atomic mass is 16.1. The Morgan fingerprint density at radius 2 is 0.964 bits per heavy atom. The van der Waals surface area contributed by atoms with Crippen molar-refractivity contribution in [3.8, 4) is 23.3 Å². The Balaban J connectivity index is 2.30. The summed E-state index contributed by atoms with van der Waals surface area (Å²) in [6, 6.07) is 22.0. The fraction of sp³-hybridized carbons (Fsp3) is 0. The van der Waals surface area contributed by atoms with Crippen LogP contribution in [0.4, 0.5) is 0 Å². The molecule has 0 saturated heterocycles. The number of carbonyl (C=O) groups excluding carboxylic acids is 2. The Kier molecular flexibility index (Phi) is 4.16. The van der Waals surface area contributed by atoms with Gasteiger partial charge in [0.25, 0.3) is 0 Å². The number of benzene rings is 4. The monoisotopic (exact) mass is 360 g/mol. The van der Waals surface area contributed by atoms with Crippen LogP contribution in [0, 0.1) is 22.7 Å². The van der Waals surface area contributed by atoms with Crippen LogP contribution in [-0.2, 0) is 0 Å². The van der Waals surface area contributed by atoms with E-state index >= 15 is 0 Å². The molecule has 0 bridgehead atoms. The Labute approximate surface area is 160 Å². The molecular formula is C24H12N2O2. The van der Waals surface area contributed by atoms with E-state index in [1.54, 1.807) is 12.1 Å². The summed E-state index contributed by atoms with van der Waals surface area (Å²) in [7, 11) is 0. The van der Waals surface area contributed by atoms with E-state index in [0.29, 0.717) is 67.5 Å². The van der Waals surface area contributed by atoms with Crippen molar-refractivity contribution >= 4 is 34.1 Å². The van der Waals surface area contributed by atoms with Crippen molar-refractivity contribution < 1.29 is 9.59 Å². The van der Waals surface area contributed by atoms with Gasteiger partial charge in [0.15, 0.2) is 12.6 Å². The van der Waals surface area contributed by atoms with Crippen molar-refractivity contribution in [3.63, 3.8) is 0 Å². The van der Waals surface area contributed by atoms with Crippen LogP contribution in [0.25, 0.3) is 32.7 Å². The van der Waals surface area contributed by atoms with Crippen molar-refractivity contribution in [3.05, 3.63) is 82.9 Å². The molecule has 0 fully saturated rings. The lowest BCUT2D eigenvalue weighted by Gasteiger charge is -2.16. The fourth-order valence-electron chi connectivity index (χ4n) is 3.72. The first kappa shape index (κ1) is 17.1. The minimum atomic E-state index is 0.327. The van der Waals surface area contributed by atoms with Crippen LogP contribution < -0.4 is 0 Å². The van der Waals surface area contributed by atoms with Gasteiger partial charge in [-0.25, -0.2) is 0 Å². The summed E-state index contributed by atoms with van der Waals surface area (Å²) in [4.78, 5) is 23.8. The van der Waals surface area contributed by atoms with E-state index in [-0.39, 0.29) is 0 Å². The lowest BCUT2D eigenvalue weighted by atomic mass is 9.85. The average molecular weight is 360 g/mol. The number of aldehydes is 2. The molecule has 4 nitrogen and oxygen atoms in total. The van der Waals surface area contributed by atoms with Gasteiger partial charge >= 0.3 is 0 Å². The van der Waals surface area contributed by atoms with Gasteiger partial charge in [-0.2, -0.15) is 10.5 Å². The standard InChI is InChI=1S/C24H12N2O2/c25-11-15-9-17(13-27)23(21-7-3-1-5-19(15)21)24-18(14-28)10-16(12-26)20-6-2-4-8-22(20)24/h1-10,13-14H. The van der Waals surface area contributed by atoms with E-state index in [0.717, 1.165) is 0 Å². The zero-order valence-electron chi connectivity index (χ0n) is 14.6. The number of nitrogens with zero attached hydrogens (tertiary/aromatic N) is 2. The number of rotatable bonds is 3. The molecule has 0 atom stereocenters. The molecule has 0 aliphatic rings. The molecule has 0 saturated carbocycles. The summed E-state index contributed by atoms with van der Waals surface area (Å²) in [5, 5.41) is 21.8.